The molecule has 2 aromatic rings. The zero-order chi connectivity index (χ0) is 21.2. The quantitative estimate of drug-likeness (QED) is 0.744. The Morgan fingerprint density at radius 3 is 2.55 bits per heavy atom. The van der Waals surface area contributed by atoms with E-state index in [4.69, 9.17) is 4.74 Å². The summed E-state index contributed by atoms with van der Waals surface area (Å²) in [6.07, 6.45) is 2.62. The summed E-state index contributed by atoms with van der Waals surface area (Å²) in [5.74, 6) is 0.749. The van der Waals surface area contributed by atoms with Crippen molar-refractivity contribution in [3.63, 3.8) is 0 Å². The highest BCUT2D eigenvalue weighted by Gasteiger charge is 2.27. The average molecular weight is 439 g/mol. The zero-order valence-electron chi connectivity index (χ0n) is 16.8. The molecule has 1 saturated heterocycles. The fourth-order valence-corrected chi connectivity index (χ4v) is 5.75. The van der Waals surface area contributed by atoms with Crippen LogP contribution in [0.3, 0.4) is 0 Å². The van der Waals surface area contributed by atoms with Gasteiger partial charge < -0.3 is 9.64 Å². The minimum atomic E-state index is -3.86. The summed E-state index contributed by atoms with van der Waals surface area (Å²) in [6.45, 7) is 3.01. The van der Waals surface area contributed by atoms with Crippen molar-refractivity contribution in [2.24, 2.45) is 0 Å². The second-order valence-electron chi connectivity index (χ2n) is 7.31. The van der Waals surface area contributed by atoms with Gasteiger partial charge in [-0.2, -0.15) is 0 Å². The Morgan fingerprint density at radius 1 is 1.10 bits per heavy atom. The molecule has 1 N–H and O–H groups in total. The van der Waals surface area contributed by atoms with Crippen molar-refractivity contribution in [2.45, 2.75) is 35.6 Å². The number of sulfonamides is 1. The Hall–Kier alpha value is -2.10. The normalized spacial score (nSPS) is 17.9. The first-order valence-electron chi connectivity index (χ1n) is 9.32. The van der Waals surface area contributed by atoms with Crippen LogP contribution in [0.25, 0.3) is 0 Å². The van der Waals surface area contributed by atoms with Gasteiger partial charge in [0.05, 0.1) is 16.9 Å². The second kappa shape index (κ2) is 8.33. The van der Waals surface area contributed by atoms with Crippen LogP contribution in [-0.2, 0) is 19.9 Å². The number of methoxy groups -OCH3 is 1. The number of piperidine rings is 1. The molecule has 0 unspecified atom stereocenters. The number of nitrogens with zero attached hydrogens (tertiary/aromatic N) is 1. The average Bonchev–Trinajstić information content (AvgIpc) is 2.67. The molecule has 1 atom stereocenters. The molecule has 29 heavy (non-hydrogen) atoms. The SMILES string of the molecule is COc1cccc(N2CCC[C@H](NS(=O)(=O)c3cc(S(C)(=O)=O)ccc3C)C2)c1. The molecular formula is C20H26N2O5S2. The van der Waals surface area contributed by atoms with E-state index < -0.39 is 19.9 Å². The smallest absolute Gasteiger partial charge is 0.241 e. The molecule has 2 aromatic carbocycles. The van der Waals surface area contributed by atoms with Crippen LogP contribution in [0.2, 0.25) is 0 Å². The Kier molecular flexibility index (Phi) is 6.21. The molecular weight excluding hydrogens is 412 g/mol. The molecule has 1 aliphatic rings. The van der Waals surface area contributed by atoms with Gasteiger partial charge in [-0.25, -0.2) is 21.6 Å². The summed E-state index contributed by atoms with van der Waals surface area (Å²) in [4.78, 5) is 2.11. The predicted octanol–water partition coefficient (Wildman–Crippen LogP) is 2.35. The summed E-state index contributed by atoms with van der Waals surface area (Å²) in [5.41, 5.74) is 1.48. The summed E-state index contributed by atoms with van der Waals surface area (Å²) in [5, 5.41) is 0. The number of rotatable bonds is 6. The van der Waals surface area contributed by atoms with Gasteiger partial charge in [-0.3, -0.25) is 0 Å². The molecule has 0 radical (unpaired) electrons. The van der Waals surface area contributed by atoms with Crippen LogP contribution in [0.5, 0.6) is 5.75 Å². The fourth-order valence-electron chi connectivity index (χ4n) is 3.50. The highest BCUT2D eigenvalue weighted by Crippen LogP contribution is 2.26. The van der Waals surface area contributed by atoms with Gasteiger partial charge in [0.25, 0.3) is 0 Å². The van der Waals surface area contributed by atoms with Crippen molar-refractivity contribution in [2.75, 3.05) is 31.4 Å². The molecule has 0 amide bonds. The number of anilines is 1. The van der Waals surface area contributed by atoms with Crippen molar-refractivity contribution < 1.29 is 21.6 Å². The Labute approximate surface area is 172 Å². The lowest BCUT2D eigenvalue weighted by atomic mass is 10.1. The molecule has 0 aliphatic carbocycles. The topological polar surface area (TPSA) is 92.8 Å². The van der Waals surface area contributed by atoms with Crippen molar-refractivity contribution in [3.8, 4) is 5.75 Å². The summed E-state index contributed by atoms with van der Waals surface area (Å²) in [7, 11) is -5.75. The van der Waals surface area contributed by atoms with E-state index >= 15 is 0 Å². The molecule has 158 valence electrons. The predicted molar refractivity (Wildman–Crippen MR) is 113 cm³/mol. The fraction of sp³-hybridized carbons (Fsp3) is 0.400. The maximum Gasteiger partial charge on any atom is 0.241 e. The first kappa shape index (κ1) is 21.6. The first-order chi connectivity index (χ1) is 13.6. The Balaban J connectivity index is 1.81. The highest BCUT2D eigenvalue weighted by molar-refractivity contribution is 7.91. The van der Waals surface area contributed by atoms with E-state index in [9.17, 15) is 16.8 Å². The molecule has 7 nitrogen and oxygen atoms in total. The van der Waals surface area contributed by atoms with Crippen LogP contribution >= 0.6 is 0 Å². The number of benzene rings is 2. The number of aryl methyl sites for hydroxylation is 1. The van der Waals surface area contributed by atoms with E-state index in [0.29, 0.717) is 18.5 Å². The third kappa shape index (κ3) is 5.09. The van der Waals surface area contributed by atoms with Gasteiger partial charge in [0.2, 0.25) is 10.0 Å². The molecule has 0 spiro atoms. The van der Waals surface area contributed by atoms with Crippen molar-refractivity contribution in [1.29, 1.82) is 0 Å². The molecule has 0 aromatic heterocycles. The van der Waals surface area contributed by atoms with E-state index in [-0.39, 0.29) is 15.8 Å². The van der Waals surface area contributed by atoms with Gasteiger partial charge in [0.15, 0.2) is 9.84 Å². The highest BCUT2D eigenvalue weighted by atomic mass is 32.2. The summed E-state index contributed by atoms with van der Waals surface area (Å²) < 4.78 is 57.7. The van der Waals surface area contributed by atoms with E-state index in [1.54, 1.807) is 14.0 Å². The van der Waals surface area contributed by atoms with Crippen LogP contribution in [0, 0.1) is 6.92 Å². The molecule has 3 rings (SSSR count). The minimum absolute atomic E-state index is 0.000992. The van der Waals surface area contributed by atoms with Crippen LogP contribution in [0.4, 0.5) is 5.69 Å². The van der Waals surface area contributed by atoms with Gasteiger partial charge in [-0.1, -0.05) is 12.1 Å². The lowest BCUT2D eigenvalue weighted by molar-refractivity contribution is 0.414. The largest absolute Gasteiger partial charge is 0.497 e. The van der Waals surface area contributed by atoms with Crippen molar-refractivity contribution in [3.05, 3.63) is 48.0 Å². The van der Waals surface area contributed by atoms with E-state index in [1.165, 1.54) is 18.2 Å². The Bertz CT molecular complexity index is 1100. The monoisotopic (exact) mass is 438 g/mol. The molecule has 1 heterocycles. The standard InChI is InChI=1S/C20H26N2O5S2/c1-15-9-10-19(28(3,23)24)13-20(15)29(25,26)21-16-6-5-11-22(14-16)17-7-4-8-18(12-17)27-2/h4,7-10,12-13,16,21H,5-6,11,14H2,1-3H3/t16-/m0/s1. The maximum absolute atomic E-state index is 13.0. The van der Waals surface area contributed by atoms with Gasteiger partial charge in [0, 0.05) is 37.1 Å². The lowest BCUT2D eigenvalue weighted by Gasteiger charge is -2.34. The van der Waals surface area contributed by atoms with E-state index in [0.717, 1.165) is 30.7 Å². The van der Waals surface area contributed by atoms with Crippen LogP contribution in [0.1, 0.15) is 18.4 Å². The van der Waals surface area contributed by atoms with Crippen LogP contribution < -0.4 is 14.4 Å². The van der Waals surface area contributed by atoms with Crippen molar-refractivity contribution >= 4 is 25.5 Å². The number of hydrogen-bond acceptors (Lipinski definition) is 6. The van der Waals surface area contributed by atoms with E-state index in [2.05, 4.69) is 9.62 Å². The van der Waals surface area contributed by atoms with Gasteiger partial charge in [-0.15, -0.1) is 0 Å². The van der Waals surface area contributed by atoms with Gasteiger partial charge in [0.1, 0.15) is 5.75 Å². The van der Waals surface area contributed by atoms with Crippen LogP contribution in [0.15, 0.2) is 52.3 Å². The minimum Gasteiger partial charge on any atom is -0.497 e. The third-order valence-electron chi connectivity index (χ3n) is 5.04. The van der Waals surface area contributed by atoms with Crippen molar-refractivity contribution in [1.82, 2.24) is 4.72 Å². The summed E-state index contributed by atoms with van der Waals surface area (Å²) in [6, 6.07) is 11.6. The molecule has 1 fully saturated rings. The van der Waals surface area contributed by atoms with Crippen LogP contribution in [-0.4, -0.2) is 49.3 Å². The number of sulfone groups is 1. The second-order valence-corrected chi connectivity index (χ2v) is 11.0. The maximum atomic E-state index is 13.0. The lowest BCUT2D eigenvalue weighted by Crippen LogP contribution is -2.47. The molecule has 0 saturated carbocycles. The number of ether oxygens (including phenoxy) is 1. The molecule has 9 heteroatoms. The molecule has 1 aliphatic heterocycles. The Morgan fingerprint density at radius 2 is 1.86 bits per heavy atom. The number of nitrogens with one attached hydrogen (secondary N) is 1. The molecule has 0 bridgehead atoms. The number of hydrogen-bond donors (Lipinski definition) is 1. The van der Waals surface area contributed by atoms with E-state index in [1.807, 2.05) is 24.3 Å². The zero-order valence-corrected chi connectivity index (χ0v) is 18.4. The summed E-state index contributed by atoms with van der Waals surface area (Å²) >= 11 is 0. The van der Waals surface area contributed by atoms with Gasteiger partial charge >= 0.3 is 0 Å². The first-order valence-corrected chi connectivity index (χ1v) is 12.7. The van der Waals surface area contributed by atoms with Gasteiger partial charge in [-0.05, 0) is 49.6 Å². The third-order valence-corrected chi connectivity index (χ3v) is 7.81.